The number of carbonyl (C=O) groups excluding carboxylic acids is 2. The van der Waals surface area contributed by atoms with E-state index in [0.717, 1.165) is 16.7 Å². The number of nitrogens with zero attached hydrogens (tertiary/aromatic N) is 2. The van der Waals surface area contributed by atoms with E-state index in [4.69, 9.17) is 4.74 Å². The molecule has 0 aliphatic heterocycles. The van der Waals surface area contributed by atoms with Crippen LogP contribution in [0.1, 0.15) is 11.1 Å². The maximum absolute atomic E-state index is 13.2. The van der Waals surface area contributed by atoms with Gasteiger partial charge >= 0.3 is 6.03 Å². The number of para-hydroxylation sites is 2. The maximum atomic E-state index is 13.2. The number of rotatable bonds is 8. The van der Waals surface area contributed by atoms with Crippen LogP contribution in [0.2, 0.25) is 0 Å². The largest absolute Gasteiger partial charge is 0.495 e. The molecule has 4 rings (SSSR count). The summed E-state index contributed by atoms with van der Waals surface area (Å²) in [6, 6.07) is 23.1. The van der Waals surface area contributed by atoms with Crippen molar-refractivity contribution in [2.24, 2.45) is 0 Å². The third-order valence-electron chi connectivity index (χ3n) is 5.21. The van der Waals surface area contributed by atoms with Gasteiger partial charge in [0.2, 0.25) is 11.0 Å². The van der Waals surface area contributed by atoms with Crippen molar-refractivity contribution in [1.82, 2.24) is 15.5 Å². The van der Waals surface area contributed by atoms with Crippen molar-refractivity contribution in [1.29, 1.82) is 0 Å². The molecule has 0 radical (unpaired) electrons. The number of amides is 3. The van der Waals surface area contributed by atoms with Crippen LogP contribution in [0.15, 0.2) is 78.9 Å². The molecule has 1 unspecified atom stereocenters. The van der Waals surface area contributed by atoms with Crippen LogP contribution < -0.4 is 20.7 Å². The van der Waals surface area contributed by atoms with E-state index < -0.39 is 18.0 Å². The van der Waals surface area contributed by atoms with Crippen LogP contribution in [-0.2, 0) is 11.2 Å². The third-order valence-corrected chi connectivity index (χ3v) is 6.10. The van der Waals surface area contributed by atoms with E-state index in [1.54, 1.807) is 24.3 Å². The molecule has 4 aromatic rings. The molecule has 1 heterocycles. The summed E-state index contributed by atoms with van der Waals surface area (Å²) in [6.45, 7) is 2.01. The fraction of sp³-hybridized carbons (Fsp3) is 0.154. The Hall–Kier alpha value is -4.24. The number of hydrogen-bond donors (Lipinski definition) is 3. The quantitative estimate of drug-likeness (QED) is 0.328. The van der Waals surface area contributed by atoms with Crippen molar-refractivity contribution >= 4 is 34.1 Å². The van der Waals surface area contributed by atoms with E-state index in [0.29, 0.717) is 28.0 Å². The zero-order chi connectivity index (χ0) is 24.6. The lowest BCUT2D eigenvalue weighted by Gasteiger charge is -2.19. The number of nitrogens with one attached hydrogen (secondary N) is 3. The van der Waals surface area contributed by atoms with Gasteiger partial charge in [0.15, 0.2) is 0 Å². The van der Waals surface area contributed by atoms with Gasteiger partial charge in [0.25, 0.3) is 0 Å². The van der Waals surface area contributed by atoms with Crippen LogP contribution >= 0.6 is 11.3 Å². The van der Waals surface area contributed by atoms with Crippen molar-refractivity contribution in [3.8, 4) is 16.3 Å². The molecule has 3 N–H and O–H groups in total. The lowest BCUT2D eigenvalue weighted by molar-refractivity contribution is -0.117. The first-order chi connectivity index (χ1) is 17.0. The molecule has 178 valence electrons. The van der Waals surface area contributed by atoms with Crippen LogP contribution in [0.5, 0.6) is 5.75 Å². The van der Waals surface area contributed by atoms with E-state index in [9.17, 15) is 9.59 Å². The fourth-order valence-electron chi connectivity index (χ4n) is 3.40. The number of urea groups is 1. The minimum absolute atomic E-state index is 0.301. The number of carbonyl (C=O) groups is 2. The highest BCUT2D eigenvalue weighted by molar-refractivity contribution is 7.18. The maximum Gasteiger partial charge on any atom is 0.320 e. The monoisotopic (exact) mass is 487 g/mol. The van der Waals surface area contributed by atoms with Crippen molar-refractivity contribution < 1.29 is 14.3 Å². The molecule has 0 spiro atoms. The first-order valence-electron chi connectivity index (χ1n) is 11.0. The zero-order valence-electron chi connectivity index (χ0n) is 19.3. The van der Waals surface area contributed by atoms with Crippen LogP contribution in [-0.4, -0.2) is 35.3 Å². The second-order valence-corrected chi connectivity index (χ2v) is 8.79. The Bertz CT molecular complexity index is 1290. The van der Waals surface area contributed by atoms with Gasteiger partial charge in [-0.15, -0.1) is 10.2 Å². The van der Waals surface area contributed by atoms with E-state index in [2.05, 4.69) is 26.1 Å². The van der Waals surface area contributed by atoms with E-state index in [-0.39, 0.29) is 0 Å². The minimum Gasteiger partial charge on any atom is -0.495 e. The SMILES string of the molecule is COc1ccccc1NC(=O)NC(Cc1ccccc1)C(=O)Nc1nnc(-c2ccc(C)cc2)s1. The van der Waals surface area contributed by atoms with E-state index in [1.807, 2.05) is 61.5 Å². The molecular formula is C26H25N5O3S. The van der Waals surface area contributed by atoms with E-state index >= 15 is 0 Å². The number of hydrogen-bond acceptors (Lipinski definition) is 6. The molecule has 0 aliphatic rings. The van der Waals surface area contributed by atoms with Crippen molar-refractivity contribution in [3.05, 3.63) is 90.0 Å². The Kier molecular flexibility index (Phi) is 7.69. The predicted octanol–water partition coefficient (Wildman–Crippen LogP) is 4.89. The molecule has 1 atom stereocenters. The second kappa shape index (κ2) is 11.3. The molecule has 8 nitrogen and oxygen atoms in total. The molecule has 0 fully saturated rings. The summed E-state index contributed by atoms with van der Waals surface area (Å²) < 4.78 is 5.28. The first kappa shape index (κ1) is 23.9. The highest BCUT2D eigenvalue weighted by Crippen LogP contribution is 2.27. The van der Waals surface area contributed by atoms with Gasteiger partial charge in [-0.3, -0.25) is 10.1 Å². The number of benzene rings is 3. The topological polar surface area (TPSA) is 105 Å². The van der Waals surface area contributed by atoms with Gasteiger partial charge in [-0.2, -0.15) is 0 Å². The summed E-state index contributed by atoms with van der Waals surface area (Å²) in [6.07, 6.45) is 0.301. The summed E-state index contributed by atoms with van der Waals surface area (Å²) in [4.78, 5) is 26.0. The van der Waals surface area contributed by atoms with Crippen LogP contribution in [0.4, 0.5) is 15.6 Å². The lowest BCUT2D eigenvalue weighted by Crippen LogP contribution is -2.47. The van der Waals surface area contributed by atoms with Gasteiger partial charge in [0, 0.05) is 12.0 Å². The average molecular weight is 488 g/mol. The highest BCUT2D eigenvalue weighted by Gasteiger charge is 2.23. The Balaban J connectivity index is 1.48. The Morgan fingerprint density at radius 2 is 1.63 bits per heavy atom. The molecule has 3 aromatic carbocycles. The molecule has 1 aromatic heterocycles. The van der Waals surface area contributed by atoms with Gasteiger partial charge < -0.3 is 15.4 Å². The standard InChI is InChI=1S/C26H25N5O3S/c1-17-12-14-19(15-13-17)24-30-31-26(35-24)29-23(32)21(16-18-8-4-3-5-9-18)28-25(33)27-20-10-6-7-11-22(20)34-2/h3-15,21H,16H2,1-2H3,(H2,27,28,33)(H,29,31,32). The second-order valence-electron chi connectivity index (χ2n) is 7.81. The number of anilines is 2. The molecule has 3 amide bonds. The Morgan fingerprint density at radius 3 is 2.37 bits per heavy atom. The van der Waals surface area contributed by atoms with Crippen LogP contribution in [0, 0.1) is 6.92 Å². The van der Waals surface area contributed by atoms with Gasteiger partial charge in [-0.25, -0.2) is 4.79 Å². The summed E-state index contributed by atoms with van der Waals surface area (Å²) >= 11 is 1.27. The Labute approximate surface area is 207 Å². The first-order valence-corrected chi connectivity index (χ1v) is 11.8. The molecule has 35 heavy (non-hydrogen) atoms. The molecule has 0 saturated carbocycles. The van der Waals surface area contributed by atoms with Crippen LogP contribution in [0.25, 0.3) is 10.6 Å². The Morgan fingerprint density at radius 1 is 0.914 bits per heavy atom. The van der Waals surface area contributed by atoms with Crippen molar-refractivity contribution in [3.63, 3.8) is 0 Å². The average Bonchev–Trinajstić information content (AvgIpc) is 3.33. The number of aromatic nitrogens is 2. The molecule has 9 heteroatoms. The minimum atomic E-state index is -0.848. The smallest absolute Gasteiger partial charge is 0.320 e. The van der Waals surface area contributed by atoms with Crippen molar-refractivity contribution in [2.45, 2.75) is 19.4 Å². The fourth-order valence-corrected chi connectivity index (χ4v) is 4.15. The molecule has 0 aliphatic carbocycles. The highest BCUT2D eigenvalue weighted by atomic mass is 32.1. The van der Waals surface area contributed by atoms with Gasteiger partial charge in [0.1, 0.15) is 16.8 Å². The van der Waals surface area contributed by atoms with Gasteiger partial charge in [-0.1, -0.05) is 83.6 Å². The number of ether oxygens (including phenoxy) is 1. The summed E-state index contributed by atoms with van der Waals surface area (Å²) in [7, 11) is 1.52. The van der Waals surface area contributed by atoms with Crippen LogP contribution in [0.3, 0.4) is 0 Å². The summed E-state index contributed by atoms with van der Waals surface area (Å²) in [5, 5.41) is 17.7. The number of aryl methyl sites for hydroxylation is 1. The number of methoxy groups -OCH3 is 1. The zero-order valence-corrected chi connectivity index (χ0v) is 20.1. The molecule has 0 bridgehead atoms. The predicted molar refractivity (Wildman–Crippen MR) is 138 cm³/mol. The lowest BCUT2D eigenvalue weighted by atomic mass is 10.1. The van der Waals surface area contributed by atoms with E-state index in [1.165, 1.54) is 18.4 Å². The molecular weight excluding hydrogens is 462 g/mol. The third kappa shape index (κ3) is 6.42. The molecule has 0 saturated heterocycles. The van der Waals surface area contributed by atoms with Gasteiger partial charge in [0.05, 0.1) is 12.8 Å². The summed E-state index contributed by atoms with van der Waals surface area (Å²) in [5.41, 5.74) is 3.47. The van der Waals surface area contributed by atoms with Gasteiger partial charge in [-0.05, 0) is 24.6 Å². The normalized spacial score (nSPS) is 11.4. The summed E-state index contributed by atoms with van der Waals surface area (Å²) in [5.74, 6) is 0.125. The van der Waals surface area contributed by atoms with Crippen molar-refractivity contribution in [2.75, 3.05) is 17.7 Å².